The van der Waals surface area contributed by atoms with Gasteiger partial charge in [-0.25, -0.2) is 0 Å². The molecule has 1 rings (SSSR count). The summed E-state index contributed by atoms with van der Waals surface area (Å²) in [5.41, 5.74) is 1.32. The van der Waals surface area contributed by atoms with Gasteiger partial charge >= 0.3 is 0 Å². The summed E-state index contributed by atoms with van der Waals surface area (Å²) in [7, 11) is 0. The summed E-state index contributed by atoms with van der Waals surface area (Å²) in [5.74, 6) is 0.417. The Bertz CT molecular complexity index is 286. The van der Waals surface area contributed by atoms with E-state index < -0.39 is 0 Å². The van der Waals surface area contributed by atoms with Crippen LogP contribution in [-0.2, 0) is 0 Å². The molecule has 96 valence electrons. The molecule has 1 aromatic carbocycles. The van der Waals surface area contributed by atoms with Gasteiger partial charge in [0, 0.05) is 19.2 Å². The van der Waals surface area contributed by atoms with Crippen molar-refractivity contribution in [2.45, 2.75) is 45.1 Å². The minimum absolute atomic E-state index is 0.253. The van der Waals surface area contributed by atoms with E-state index in [1.807, 2.05) is 6.07 Å². The lowest BCUT2D eigenvalue weighted by atomic mass is 9.95. The van der Waals surface area contributed by atoms with Crippen LogP contribution in [0.25, 0.3) is 0 Å². The fraction of sp³-hybridized carbons (Fsp3) is 0.600. The molecule has 0 amide bonds. The zero-order valence-corrected chi connectivity index (χ0v) is 11.0. The van der Waals surface area contributed by atoms with Crippen LogP contribution in [-0.4, -0.2) is 24.3 Å². The van der Waals surface area contributed by atoms with E-state index >= 15 is 0 Å². The third-order valence-corrected chi connectivity index (χ3v) is 3.18. The minimum atomic E-state index is 0.253. The lowest BCUT2D eigenvalue weighted by molar-refractivity contribution is 0.272. The summed E-state index contributed by atoms with van der Waals surface area (Å²) in [5, 5.41) is 12.7. The highest BCUT2D eigenvalue weighted by atomic mass is 16.3. The van der Waals surface area contributed by atoms with Crippen LogP contribution in [0.15, 0.2) is 30.3 Å². The molecule has 2 atom stereocenters. The van der Waals surface area contributed by atoms with E-state index in [0.29, 0.717) is 12.0 Å². The first-order chi connectivity index (χ1) is 8.27. The van der Waals surface area contributed by atoms with E-state index in [2.05, 4.69) is 43.4 Å². The molecule has 1 aromatic rings. The minimum Gasteiger partial charge on any atom is -0.396 e. The van der Waals surface area contributed by atoms with Crippen LogP contribution < -0.4 is 5.32 Å². The molecule has 0 bridgehead atoms. The van der Waals surface area contributed by atoms with Crippen molar-refractivity contribution in [2.24, 2.45) is 0 Å². The van der Waals surface area contributed by atoms with Crippen molar-refractivity contribution in [1.29, 1.82) is 0 Å². The first-order valence-corrected chi connectivity index (χ1v) is 6.67. The molecule has 0 aliphatic carbocycles. The number of benzene rings is 1. The number of aliphatic hydroxyl groups excluding tert-OH is 1. The molecule has 0 fully saturated rings. The molecule has 2 heteroatoms. The van der Waals surface area contributed by atoms with Gasteiger partial charge in [-0.05, 0) is 31.2 Å². The Kier molecular flexibility index (Phi) is 6.90. The number of aliphatic hydroxyl groups is 1. The number of hydrogen-bond acceptors (Lipinski definition) is 2. The van der Waals surface area contributed by atoms with Crippen molar-refractivity contribution < 1.29 is 5.11 Å². The SMILES string of the molecule is CCCC(C)NCC(CCO)c1ccccc1. The summed E-state index contributed by atoms with van der Waals surface area (Å²) in [6.45, 7) is 5.64. The molecule has 0 heterocycles. The number of hydrogen-bond donors (Lipinski definition) is 2. The second kappa shape index (κ2) is 8.26. The van der Waals surface area contributed by atoms with Gasteiger partial charge in [0.1, 0.15) is 0 Å². The monoisotopic (exact) mass is 235 g/mol. The molecule has 0 aromatic heterocycles. The number of rotatable bonds is 8. The Morgan fingerprint density at radius 1 is 1.18 bits per heavy atom. The van der Waals surface area contributed by atoms with E-state index in [-0.39, 0.29) is 6.61 Å². The maximum Gasteiger partial charge on any atom is 0.0437 e. The van der Waals surface area contributed by atoms with E-state index in [0.717, 1.165) is 13.0 Å². The van der Waals surface area contributed by atoms with Crippen molar-refractivity contribution in [3.63, 3.8) is 0 Å². The average molecular weight is 235 g/mol. The van der Waals surface area contributed by atoms with E-state index in [9.17, 15) is 0 Å². The van der Waals surface area contributed by atoms with Gasteiger partial charge < -0.3 is 10.4 Å². The maximum absolute atomic E-state index is 9.14. The molecular formula is C15H25NO. The molecule has 0 aliphatic rings. The summed E-state index contributed by atoms with van der Waals surface area (Å²) < 4.78 is 0. The predicted molar refractivity (Wildman–Crippen MR) is 73.3 cm³/mol. The molecule has 2 N–H and O–H groups in total. The zero-order valence-electron chi connectivity index (χ0n) is 11.0. The molecule has 2 unspecified atom stereocenters. The van der Waals surface area contributed by atoms with Crippen molar-refractivity contribution in [3.8, 4) is 0 Å². The summed E-state index contributed by atoms with van der Waals surface area (Å²) in [6, 6.07) is 11.0. The molecule has 0 radical (unpaired) electrons. The van der Waals surface area contributed by atoms with Crippen molar-refractivity contribution >= 4 is 0 Å². The fourth-order valence-corrected chi connectivity index (χ4v) is 2.15. The molecule has 17 heavy (non-hydrogen) atoms. The highest BCUT2D eigenvalue weighted by molar-refractivity contribution is 5.19. The van der Waals surface area contributed by atoms with Gasteiger partial charge in [-0.15, -0.1) is 0 Å². The Labute approximate surface area is 105 Å². The van der Waals surface area contributed by atoms with Gasteiger partial charge in [-0.1, -0.05) is 43.7 Å². The standard InChI is InChI=1S/C15H25NO/c1-3-7-13(2)16-12-15(10-11-17)14-8-5-4-6-9-14/h4-6,8-9,13,15-17H,3,7,10-12H2,1-2H3. The van der Waals surface area contributed by atoms with Gasteiger partial charge in [0.05, 0.1) is 0 Å². The van der Waals surface area contributed by atoms with Gasteiger partial charge in [-0.2, -0.15) is 0 Å². The van der Waals surface area contributed by atoms with Crippen LogP contribution in [0.2, 0.25) is 0 Å². The average Bonchev–Trinajstić information content (AvgIpc) is 2.36. The zero-order chi connectivity index (χ0) is 12.5. The van der Waals surface area contributed by atoms with Crippen molar-refractivity contribution in [3.05, 3.63) is 35.9 Å². The summed E-state index contributed by atoms with van der Waals surface area (Å²) >= 11 is 0. The van der Waals surface area contributed by atoms with Gasteiger partial charge in [0.25, 0.3) is 0 Å². The van der Waals surface area contributed by atoms with Crippen LogP contribution in [0.3, 0.4) is 0 Å². The van der Waals surface area contributed by atoms with Crippen LogP contribution in [0.1, 0.15) is 44.6 Å². The van der Waals surface area contributed by atoms with Crippen LogP contribution in [0, 0.1) is 0 Å². The summed E-state index contributed by atoms with van der Waals surface area (Å²) in [6.07, 6.45) is 3.25. The van der Waals surface area contributed by atoms with Crippen LogP contribution >= 0.6 is 0 Å². The van der Waals surface area contributed by atoms with Crippen LogP contribution in [0.5, 0.6) is 0 Å². The first-order valence-electron chi connectivity index (χ1n) is 6.67. The normalized spacial score (nSPS) is 14.5. The fourth-order valence-electron chi connectivity index (χ4n) is 2.15. The van der Waals surface area contributed by atoms with E-state index in [1.165, 1.54) is 18.4 Å². The Hall–Kier alpha value is -0.860. The molecular weight excluding hydrogens is 210 g/mol. The van der Waals surface area contributed by atoms with Gasteiger partial charge in [0.2, 0.25) is 0 Å². The molecule has 0 saturated heterocycles. The highest BCUT2D eigenvalue weighted by Crippen LogP contribution is 2.18. The second-order valence-corrected chi connectivity index (χ2v) is 4.72. The maximum atomic E-state index is 9.14. The van der Waals surface area contributed by atoms with E-state index in [4.69, 9.17) is 5.11 Å². The van der Waals surface area contributed by atoms with Gasteiger partial charge in [0.15, 0.2) is 0 Å². The Morgan fingerprint density at radius 3 is 2.47 bits per heavy atom. The second-order valence-electron chi connectivity index (χ2n) is 4.72. The third-order valence-electron chi connectivity index (χ3n) is 3.18. The Morgan fingerprint density at radius 2 is 1.88 bits per heavy atom. The quantitative estimate of drug-likeness (QED) is 0.726. The first kappa shape index (κ1) is 14.2. The topological polar surface area (TPSA) is 32.3 Å². The summed E-state index contributed by atoms with van der Waals surface area (Å²) in [4.78, 5) is 0. The molecule has 0 aliphatic heterocycles. The number of nitrogens with one attached hydrogen (secondary N) is 1. The Balaban J connectivity index is 2.49. The van der Waals surface area contributed by atoms with Crippen LogP contribution in [0.4, 0.5) is 0 Å². The lowest BCUT2D eigenvalue weighted by Gasteiger charge is -2.20. The van der Waals surface area contributed by atoms with Crippen molar-refractivity contribution in [1.82, 2.24) is 5.32 Å². The predicted octanol–water partition coefficient (Wildman–Crippen LogP) is 2.93. The largest absolute Gasteiger partial charge is 0.396 e. The van der Waals surface area contributed by atoms with Crippen molar-refractivity contribution in [2.75, 3.05) is 13.2 Å². The molecule has 0 spiro atoms. The molecule has 2 nitrogen and oxygen atoms in total. The highest BCUT2D eigenvalue weighted by Gasteiger charge is 2.11. The van der Waals surface area contributed by atoms with Gasteiger partial charge in [-0.3, -0.25) is 0 Å². The van der Waals surface area contributed by atoms with E-state index in [1.54, 1.807) is 0 Å². The third kappa shape index (κ3) is 5.33. The molecule has 0 saturated carbocycles. The lowest BCUT2D eigenvalue weighted by Crippen LogP contribution is -2.30. The smallest absolute Gasteiger partial charge is 0.0437 e.